The van der Waals surface area contributed by atoms with Gasteiger partial charge in [-0.1, -0.05) is 36.4 Å². The smallest absolute Gasteiger partial charge is 0.410 e. The largest absolute Gasteiger partial charge is 0.467 e. The predicted molar refractivity (Wildman–Crippen MR) is 87.0 cm³/mol. The number of halogens is 2. The van der Waals surface area contributed by atoms with Crippen molar-refractivity contribution in [2.24, 2.45) is 5.41 Å². The zero-order valence-corrected chi connectivity index (χ0v) is 14.0. The van der Waals surface area contributed by atoms with Crippen LogP contribution in [0.5, 0.6) is 0 Å². The van der Waals surface area contributed by atoms with Crippen molar-refractivity contribution in [3.05, 3.63) is 48.6 Å². The van der Waals surface area contributed by atoms with Gasteiger partial charge >= 0.3 is 12.1 Å². The average molecular weight is 353 g/mol. The number of benzene rings is 1. The summed E-state index contributed by atoms with van der Waals surface area (Å²) in [5.74, 6) is -0.878. The Morgan fingerprint density at radius 2 is 2.08 bits per heavy atom. The van der Waals surface area contributed by atoms with Crippen LogP contribution in [-0.4, -0.2) is 43.1 Å². The van der Waals surface area contributed by atoms with Gasteiger partial charge in [-0.25, -0.2) is 18.4 Å². The first-order valence-corrected chi connectivity index (χ1v) is 7.90. The van der Waals surface area contributed by atoms with Crippen LogP contribution in [0.25, 0.3) is 0 Å². The molecule has 1 aliphatic heterocycles. The number of allylic oxidation sites excluding steroid dienone is 1. The van der Waals surface area contributed by atoms with Crippen molar-refractivity contribution in [2.75, 3.05) is 13.7 Å². The molecule has 1 aromatic carbocycles. The molecule has 0 aliphatic carbocycles. The third-order valence-electron chi connectivity index (χ3n) is 4.50. The van der Waals surface area contributed by atoms with Gasteiger partial charge in [0.2, 0.25) is 6.43 Å². The van der Waals surface area contributed by atoms with E-state index in [-0.39, 0.29) is 26.0 Å². The molecular formula is C18H21F2NO4. The molecule has 0 N–H and O–H groups in total. The van der Waals surface area contributed by atoms with Crippen LogP contribution in [0.1, 0.15) is 18.4 Å². The number of esters is 1. The standard InChI is InChI=1S/C18H21F2NO4/c1-3-9-18(16(19)20)10-11-21(14(18)15(22)24-2)17(23)25-12-13-7-5-4-6-8-13/h3-8,14,16H,1,9-12H2,2H3/t14-,18+/m1/s1. The normalized spacial score (nSPS) is 22.7. The molecular weight excluding hydrogens is 332 g/mol. The zero-order chi connectivity index (χ0) is 18.4. The Kier molecular flexibility index (Phi) is 6.12. The molecule has 1 aliphatic rings. The first kappa shape index (κ1) is 18.9. The fourth-order valence-electron chi connectivity index (χ4n) is 3.18. The maximum atomic E-state index is 13.8. The number of ether oxygens (including phenoxy) is 2. The Morgan fingerprint density at radius 1 is 1.40 bits per heavy atom. The summed E-state index contributed by atoms with van der Waals surface area (Å²) in [7, 11) is 1.11. The number of hydrogen-bond acceptors (Lipinski definition) is 4. The van der Waals surface area contributed by atoms with Crippen molar-refractivity contribution in [1.29, 1.82) is 0 Å². The fourth-order valence-corrected chi connectivity index (χ4v) is 3.18. The Labute approximate surface area is 145 Å². The molecule has 1 heterocycles. The monoisotopic (exact) mass is 353 g/mol. The molecule has 2 atom stereocenters. The van der Waals surface area contributed by atoms with Crippen LogP contribution in [0.2, 0.25) is 0 Å². The van der Waals surface area contributed by atoms with Crippen LogP contribution >= 0.6 is 0 Å². The summed E-state index contributed by atoms with van der Waals surface area (Å²) >= 11 is 0. The van der Waals surface area contributed by atoms with Crippen LogP contribution in [0.4, 0.5) is 13.6 Å². The molecule has 5 nitrogen and oxygen atoms in total. The summed E-state index contributed by atoms with van der Waals surface area (Å²) in [4.78, 5) is 25.6. The van der Waals surface area contributed by atoms with Crippen LogP contribution in [0.3, 0.4) is 0 Å². The Morgan fingerprint density at radius 3 is 2.64 bits per heavy atom. The molecule has 0 aromatic heterocycles. The lowest BCUT2D eigenvalue weighted by Crippen LogP contribution is -2.51. The first-order valence-electron chi connectivity index (χ1n) is 7.90. The number of carbonyl (C=O) groups excluding carboxylic acids is 2. The Bertz CT molecular complexity index is 623. The van der Waals surface area contributed by atoms with Crippen molar-refractivity contribution in [1.82, 2.24) is 4.90 Å². The summed E-state index contributed by atoms with van der Waals surface area (Å²) in [6.07, 6.45) is -2.42. The second kappa shape index (κ2) is 8.09. The van der Waals surface area contributed by atoms with E-state index in [0.29, 0.717) is 0 Å². The minimum absolute atomic E-state index is 0.00674. The Hall–Kier alpha value is -2.44. The maximum absolute atomic E-state index is 13.8. The van der Waals surface area contributed by atoms with Crippen LogP contribution in [0, 0.1) is 5.41 Å². The number of nitrogens with zero attached hydrogens (tertiary/aromatic N) is 1. The van der Waals surface area contributed by atoms with Gasteiger partial charge in [-0.05, 0) is 18.4 Å². The molecule has 0 saturated carbocycles. The lowest BCUT2D eigenvalue weighted by molar-refractivity contribution is -0.153. The molecule has 2 rings (SSSR count). The van der Waals surface area contributed by atoms with E-state index >= 15 is 0 Å². The number of carbonyl (C=O) groups is 2. The average Bonchev–Trinajstić information content (AvgIpc) is 3.01. The number of methoxy groups -OCH3 is 1. The number of alkyl halides is 2. The SMILES string of the molecule is C=CC[C@]1(C(F)F)CCN(C(=O)OCc2ccccc2)[C@@H]1C(=O)OC. The highest BCUT2D eigenvalue weighted by Crippen LogP contribution is 2.46. The number of rotatable bonds is 6. The van der Waals surface area contributed by atoms with Crippen molar-refractivity contribution < 1.29 is 27.8 Å². The summed E-state index contributed by atoms with van der Waals surface area (Å²) in [5.41, 5.74) is -0.948. The van der Waals surface area contributed by atoms with E-state index in [1.54, 1.807) is 24.3 Å². The minimum Gasteiger partial charge on any atom is -0.467 e. The van der Waals surface area contributed by atoms with Crippen molar-refractivity contribution in [3.8, 4) is 0 Å². The van der Waals surface area contributed by atoms with Crippen LogP contribution in [0.15, 0.2) is 43.0 Å². The molecule has 1 saturated heterocycles. The molecule has 7 heteroatoms. The van der Waals surface area contributed by atoms with E-state index in [0.717, 1.165) is 17.6 Å². The molecule has 0 unspecified atom stereocenters. The van der Waals surface area contributed by atoms with Gasteiger partial charge in [-0.15, -0.1) is 6.58 Å². The highest BCUT2D eigenvalue weighted by Gasteiger charge is 2.58. The second-order valence-corrected chi connectivity index (χ2v) is 5.94. The molecule has 136 valence electrons. The summed E-state index contributed by atoms with van der Waals surface area (Å²) < 4.78 is 37.4. The van der Waals surface area contributed by atoms with Gasteiger partial charge in [-0.2, -0.15) is 0 Å². The van der Waals surface area contributed by atoms with Crippen molar-refractivity contribution in [3.63, 3.8) is 0 Å². The highest BCUT2D eigenvalue weighted by molar-refractivity contribution is 5.83. The van der Waals surface area contributed by atoms with E-state index < -0.39 is 29.9 Å². The van der Waals surface area contributed by atoms with E-state index in [1.807, 2.05) is 6.07 Å². The van der Waals surface area contributed by atoms with Crippen molar-refractivity contribution >= 4 is 12.1 Å². The topological polar surface area (TPSA) is 55.8 Å². The second-order valence-electron chi connectivity index (χ2n) is 5.94. The molecule has 0 radical (unpaired) electrons. The third kappa shape index (κ3) is 3.81. The van der Waals surface area contributed by atoms with Gasteiger partial charge in [-0.3, -0.25) is 4.90 Å². The molecule has 1 fully saturated rings. The fraction of sp³-hybridized carbons (Fsp3) is 0.444. The zero-order valence-electron chi connectivity index (χ0n) is 14.0. The van der Waals surface area contributed by atoms with E-state index in [1.165, 1.54) is 6.08 Å². The maximum Gasteiger partial charge on any atom is 0.410 e. The summed E-state index contributed by atoms with van der Waals surface area (Å²) in [6.45, 7) is 3.48. The first-order chi connectivity index (χ1) is 12.0. The van der Waals surface area contributed by atoms with Gasteiger partial charge in [0.25, 0.3) is 0 Å². The van der Waals surface area contributed by atoms with Gasteiger partial charge in [0, 0.05) is 6.54 Å². The van der Waals surface area contributed by atoms with Gasteiger partial charge in [0.05, 0.1) is 12.5 Å². The lowest BCUT2D eigenvalue weighted by atomic mass is 9.77. The molecule has 25 heavy (non-hydrogen) atoms. The quantitative estimate of drug-likeness (QED) is 0.581. The highest BCUT2D eigenvalue weighted by atomic mass is 19.3. The number of likely N-dealkylation sites (tertiary alicyclic amines) is 1. The number of amides is 1. The molecule has 1 amide bonds. The third-order valence-corrected chi connectivity index (χ3v) is 4.50. The summed E-state index contributed by atoms with van der Waals surface area (Å²) in [6, 6.07) is 7.56. The van der Waals surface area contributed by atoms with Gasteiger partial charge in [0.1, 0.15) is 12.6 Å². The van der Waals surface area contributed by atoms with E-state index in [4.69, 9.17) is 4.74 Å². The van der Waals surface area contributed by atoms with E-state index in [2.05, 4.69) is 11.3 Å². The minimum atomic E-state index is -2.80. The summed E-state index contributed by atoms with van der Waals surface area (Å²) in [5, 5.41) is 0. The van der Waals surface area contributed by atoms with Crippen molar-refractivity contribution in [2.45, 2.75) is 31.9 Å². The molecule has 0 spiro atoms. The van der Waals surface area contributed by atoms with Gasteiger partial charge in [0.15, 0.2) is 0 Å². The molecule has 1 aromatic rings. The van der Waals surface area contributed by atoms with Crippen LogP contribution < -0.4 is 0 Å². The van der Waals surface area contributed by atoms with Crippen LogP contribution in [-0.2, 0) is 20.9 Å². The number of hydrogen-bond donors (Lipinski definition) is 0. The van der Waals surface area contributed by atoms with E-state index in [9.17, 15) is 18.4 Å². The Balaban J connectivity index is 2.19. The van der Waals surface area contributed by atoms with Gasteiger partial charge < -0.3 is 9.47 Å². The predicted octanol–water partition coefficient (Wildman–Crippen LogP) is 3.40. The molecule has 0 bridgehead atoms. The lowest BCUT2D eigenvalue weighted by Gasteiger charge is -2.34.